The monoisotopic (exact) mass is 314 g/mol. The number of nitrogens with one attached hydrogen (secondary N) is 2. The van der Waals surface area contributed by atoms with E-state index in [4.69, 9.17) is 4.74 Å². The Morgan fingerprint density at radius 3 is 2.71 bits per heavy atom. The molecule has 0 aliphatic carbocycles. The van der Waals surface area contributed by atoms with Crippen LogP contribution in [0.15, 0.2) is 29.2 Å². The van der Waals surface area contributed by atoms with Crippen molar-refractivity contribution in [2.24, 2.45) is 5.92 Å². The third-order valence-corrected chi connectivity index (χ3v) is 4.24. The third kappa shape index (κ3) is 7.04. The largest absolute Gasteiger partial charge is 0.380 e. The van der Waals surface area contributed by atoms with E-state index in [0.29, 0.717) is 30.6 Å². The van der Waals surface area contributed by atoms with Crippen molar-refractivity contribution in [2.45, 2.75) is 32.2 Å². The fraction of sp³-hybridized carbons (Fsp3) is 0.600. The molecule has 0 saturated carbocycles. The smallest absolute Gasteiger partial charge is 0.240 e. The van der Waals surface area contributed by atoms with Crippen molar-refractivity contribution >= 4 is 10.0 Å². The van der Waals surface area contributed by atoms with Crippen LogP contribution >= 0.6 is 0 Å². The molecular formula is C15H26N2O3S. The summed E-state index contributed by atoms with van der Waals surface area (Å²) < 4.78 is 32.3. The Morgan fingerprint density at radius 1 is 1.29 bits per heavy atom. The van der Waals surface area contributed by atoms with Crippen molar-refractivity contribution in [2.75, 3.05) is 26.3 Å². The van der Waals surface area contributed by atoms with E-state index >= 15 is 0 Å². The SMILES string of the molecule is CCNCc1cccc(S(=O)(=O)NCCOCC(C)C)c1. The lowest BCUT2D eigenvalue weighted by molar-refractivity contribution is 0.114. The zero-order chi connectivity index (χ0) is 15.7. The van der Waals surface area contributed by atoms with Crippen molar-refractivity contribution in [1.29, 1.82) is 0 Å². The summed E-state index contributed by atoms with van der Waals surface area (Å²) in [5.41, 5.74) is 0.954. The first kappa shape index (κ1) is 18.1. The number of rotatable bonds is 10. The maximum Gasteiger partial charge on any atom is 0.240 e. The number of ether oxygens (including phenoxy) is 1. The van der Waals surface area contributed by atoms with Gasteiger partial charge in [-0.05, 0) is 30.2 Å². The van der Waals surface area contributed by atoms with Gasteiger partial charge in [0.1, 0.15) is 0 Å². The molecule has 0 unspecified atom stereocenters. The summed E-state index contributed by atoms with van der Waals surface area (Å²) in [5, 5.41) is 3.18. The molecule has 0 amide bonds. The molecule has 0 bridgehead atoms. The molecule has 2 N–H and O–H groups in total. The zero-order valence-electron chi connectivity index (χ0n) is 13.1. The van der Waals surface area contributed by atoms with Gasteiger partial charge >= 0.3 is 0 Å². The maximum atomic E-state index is 12.2. The van der Waals surface area contributed by atoms with E-state index in [1.807, 2.05) is 13.0 Å². The van der Waals surface area contributed by atoms with Gasteiger partial charge in [-0.25, -0.2) is 13.1 Å². The highest BCUT2D eigenvalue weighted by Crippen LogP contribution is 2.11. The van der Waals surface area contributed by atoms with Crippen molar-refractivity contribution in [3.63, 3.8) is 0 Å². The Hall–Kier alpha value is -0.950. The van der Waals surface area contributed by atoms with Crippen LogP contribution in [0.5, 0.6) is 0 Å². The first-order chi connectivity index (χ1) is 9.95. The fourth-order valence-corrected chi connectivity index (χ4v) is 2.83. The summed E-state index contributed by atoms with van der Waals surface area (Å²) >= 11 is 0. The van der Waals surface area contributed by atoms with Gasteiger partial charge < -0.3 is 10.1 Å². The Morgan fingerprint density at radius 2 is 2.05 bits per heavy atom. The molecule has 0 fully saturated rings. The predicted molar refractivity (Wildman–Crippen MR) is 84.7 cm³/mol. The van der Waals surface area contributed by atoms with Crippen molar-refractivity contribution in [1.82, 2.24) is 10.0 Å². The molecule has 1 aromatic rings. The van der Waals surface area contributed by atoms with Gasteiger partial charge in [-0.15, -0.1) is 0 Å². The van der Waals surface area contributed by atoms with Crippen LogP contribution in [-0.2, 0) is 21.3 Å². The molecule has 0 spiro atoms. The van der Waals surface area contributed by atoms with Crippen molar-refractivity contribution in [3.05, 3.63) is 29.8 Å². The van der Waals surface area contributed by atoms with Crippen LogP contribution in [-0.4, -0.2) is 34.7 Å². The summed E-state index contributed by atoms with van der Waals surface area (Å²) in [6, 6.07) is 6.97. The standard InChI is InChI=1S/C15H26N2O3S/c1-4-16-11-14-6-5-7-15(10-14)21(18,19)17-8-9-20-12-13(2)3/h5-7,10,13,16-17H,4,8-9,11-12H2,1-3H3. The number of hydrogen-bond donors (Lipinski definition) is 2. The average molecular weight is 314 g/mol. The fourth-order valence-electron chi connectivity index (χ4n) is 1.74. The van der Waals surface area contributed by atoms with Gasteiger partial charge in [-0.2, -0.15) is 0 Å². The van der Waals surface area contributed by atoms with Crippen LogP contribution in [0.2, 0.25) is 0 Å². The lowest BCUT2D eigenvalue weighted by atomic mass is 10.2. The van der Waals surface area contributed by atoms with Crippen LogP contribution in [0.4, 0.5) is 0 Å². The van der Waals surface area contributed by atoms with Crippen LogP contribution in [0.1, 0.15) is 26.3 Å². The van der Waals surface area contributed by atoms with Crippen LogP contribution in [0, 0.1) is 5.92 Å². The summed E-state index contributed by atoms with van der Waals surface area (Å²) in [6.07, 6.45) is 0. The minimum Gasteiger partial charge on any atom is -0.380 e. The second kappa shape index (κ2) is 9.15. The topological polar surface area (TPSA) is 67.4 Å². The summed E-state index contributed by atoms with van der Waals surface area (Å²) in [7, 11) is -3.47. The lowest BCUT2D eigenvalue weighted by Gasteiger charge is -2.10. The molecular weight excluding hydrogens is 288 g/mol. The van der Waals surface area contributed by atoms with Gasteiger partial charge in [0.15, 0.2) is 0 Å². The molecule has 1 aromatic carbocycles. The Kier molecular flexibility index (Phi) is 7.88. The molecule has 6 heteroatoms. The van der Waals surface area contributed by atoms with E-state index in [1.54, 1.807) is 18.2 Å². The first-order valence-corrected chi connectivity index (χ1v) is 8.81. The Bertz CT molecular complexity index is 515. The molecule has 5 nitrogen and oxygen atoms in total. The highest BCUT2D eigenvalue weighted by atomic mass is 32.2. The predicted octanol–water partition coefficient (Wildman–Crippen LogP) is 1.75. The molecule has 0 aliphatic heterocycles. The average Bonchev–Trinajstić information content (AvgIpc) is 2.44. The summed E-state index contributed by atoms with van der Waals surface area (Å²) in [4.78, 5) is 0.293. The third-order valence-electron chi connectivity index (χ3n) is 2.78. The number of benzene rings is 1. The second-order valence-corrected chi connectivity index (χ2v) is 7.06. The van der Waals surface area contributed by atoms with Gasteiger partial charge in [0.2, 0.25) is 10.0 Å². The minimum atomic E-state index is -3.47. The number of hydrogen-bond acceptors (Lipinski definition) is 4. The van der Waals surface area contributed by atoms with Crippen LogP contribution in [0.25, 0.3) is 0 Å². The minimum absolute atomic E-state index is 0.284. The summed E-state index contributed by atoms with van der Waals surface area (Å²) in [5.74, 6) is 0.448. The second-order valence-electron chi connectivity index (χ2n) is 5.29. The van der Waals surface area contributed by atoms with E-state index in [2.05, 4.69) is 23.9 Å². The van der Waals surface area contributed by atoms with Gasteiger partial charge in [0.05, 0.1) is 11.5 Å². The Labute approximate surface area is 128 Å². The molecule has 0 radical (unpaired) electrons. The normalized spacial score (nSPS) is 12.0. The highest BCUT2D eigenvalue weighted by Gasteiger charge is 2.13. The molecule has 0 heterocycles. The highest BCUT2D eigenvalue weighted by molar-refractivity contribution is 7.89. The zero-order valence-corrected chi connectivity index (χ0v) is 13.9. The first-order valence-electron chi connectivity index (χ1n) is 7.32. The van der Waals surface area contributed by atoms with Gasteiger partial charge in [0.25, 0.3) is 0 Å². The lowest BCUT2D eigenvalue weighted by Crippen LogP contribution is -2.28. The van der Waals surface area contributed by atoms with E-state index in [-0.39, 0.29) is 6.54 Å². The number of sulfonamides is 1. The molecule has 120 valence electrons. The van der Waals surface area contributed by atoms with Gasteiger partial charge in [-0.3, -0.25) is 0 Å². The van der Waals surface area contributed by atoms with E-state index in [1.165, 1.54) is 0 Å². The Balaban J connectivity index is 2.53. The van der Waals surface area contributed by atoms with Crippen LogP contribution in [0.3, 0.4) is 0 Å². The quantitative estimate of drug-likeness (QED) is 0.646. The van der Waals surface area contributed by atoms with Gasteiger partial charge in [-0.1, -0.05) is 32.9 Å². The molecule has 0 aliphatic rings. The summed E-state index contributed by atoms with van der Waals surface area (Å²) in [6.45, 7) is 8.94. The molecule has 0 saturated heterocycles. The van der Waals surface area contributed by atoms with E-state index < -0.39 is 10.0 Å². The van der Waals surface area contributed by atoms with Gasteiger partial charge in [0, 0.05) is 19.7 Å². The molecule has 1 rings (SSSR count). The molecule has 21 heavy (non-hydrogen) atoms. The van der Waals surface area contributed by atoms with E-state index in [0.717, 1.165) is 12.1 Å². The maximum absolute atomic E-state index is 12.2. The molecule has 0 aromatic heterocycles. The molecule has 0 atom stereocenters. The van der Waals surface area contributed by atoms with Crippen LogP contribution < -0.4 is 10.0 Å². The van der Waals surface area contributed by atoms with E-state index in [9.17, 15) is 8.42 Å². The van der Waals surface area contributed by atoms with Crippen molar-refractivity contribution < 1.29 is 13.2 Å². The van der Waals surface area contributed by atoms with Crippen molar-refractivity contribution in [3.8, 4) is 0 Å².